The number of benzene rings is 2. The number of carbonyl (C=O) groups is 1. The molecule has 1 amide bonds. The molecular weight excluding hydrogens is 380 g/mol. The van der Waals surface area contributed by atoms with Crippen molar-refractivity contribution in [2.45, 2.75) is 11.8 Å². The predicted molar refractivity (Wildman–Crippen MR) is 93.8 cm³/mol. The van der Waals surface area contributed by atoms with Crippen LogP contribution in [0.15, 0.2) is 57.9 Å². The van der Waals surface area contributed by atoms with E-state index in [9.17, 15) is 13.2 Å². The Morgan fingerprint density at radius 3 is 2.43 bits per heavy atom. The lowest BCUT2D eigenvalue weighted by atomic mass is 10.2. The second-order valence-corrected chi connectivity index (χ2v) is 8.00. The van der Waals surface area contributed by atoms with Crippen molar-refractivity contribution in [3.8, 4) is 0 Å². The fourth-order valence-electron chi connectivity index (χ4n) is 1.97. The van der Waals surface area contributed by atoms with Crippen molar-refractivity contribution in [3.05, 3.63) is 58.6 Å². The zero-order chi connectivity index (χ0) is 17.0. The Balaban J connectivity index is 2.08. The fraction of sp³-hybridized carbons (Fsp3) is 0.188. The van der Waals surface area contributed by atoms with Crippen LogP contribution in [0.3, 0.4) is 0 Å². The zero-order valence-corrected chi connectivity index (χ0v) is 15.2. The molecule has 0 fully saturated rings. The van der Waals surface area contributed by atoms with Crippen molar-refractivity contribution in [1.82, 2.24) is 4.31 Å². The summed E-state index contributed by atoms with van der Waals surface area (Å²) in [5.41, 5.74) is 1.66. The van der Waals surface area contributed by atoms with Gasteiger partial charge in [-0.05, 0) is 52.7 Å². The van der Waals surface area contributed by atoms with Gasteiger partial charge in [-0.3, -0.25) is 4.79 Å². The minimum Gasteiger partial charge on any atom is -0.324 e. The molecule has 0 atom stereocenters. The van der Waals surface area contributed by atoms with E-state index in [1.165, 1.54) is 19.2 Å². The van der Waals surface area contributed by atoms with E-state index in [1.807, 2.05) is 19.1 Å². The normalized spacial score (nSPS) is 11.5. The highest BCUT2D eigenvalue weighted by Crippen LogP contribution is 2.23. The van der Waals surface area contributed by atoms with E-state index in [2.05, 4.69) is 21.2 Å². The molecule has 2 aromatic carbocycles. The molecule has 2 rings (SSSR count). The Morgan fingerprint density at radius 1 is 1.17 bits per heavy atom. The van der Waals surface area contributed by atoms with Crippen LogP contribution >= 0.6 is 15.9 Å². The van der Waals surface area contributed by atoms with Crippen LogP contribution in [-0.4, -0.2) is 32.2 Å². The number of aryl methyl sites for hydroxylation is 1. The molecule has 0 saturated carbocycles. The monoisotopic (exact) mass is 396 g/mol. The van der Waals surface area contributed by atoms with Crippen molar-refractivity contribution in [1.29, 1.82) is 0 Å². The molecule has 122 valence electrons. The van der Waals surface area contributed by atoms with Crippen molar-refractivity contribution in [2.24, 2.45) is 0 Å². The number of nitrogens with one attached hydrogen (secondary N) is 1. The lowest BCUT2D eigenvalue weighted by Crippen LogP contribution is -2.35. The topological polar surface area (TPSA) is 66.5 Å². The van der Waals surface area contributed by atoms with Crippen LogP contribution < -0.4 is 5.32 Å². The molecule has 0 aliphatic heterocycles. The maximum Gasteiger partial charge on any atom is 0.243 e. The van der Waals surface area contributed by atoms with Gasteiger partial charge >= 0.3 is 0 Å². The van der Waals surface area contributed by atoms with Gasteiger partial charge in [-0.15, -0.1) is 0 Å². The molecule has 7 heteroatoms. The van der Waals surface area contributed by atoms with Gasteiger partial charge in [0.05, 0.1) is 17.1 Å². The highest BCUT2D eigenvalue weighted by atomic mass is 79.9. The third kappa shape index (κ3) is 4.40. The number of halogens is 1. The first-order chi connectivity index (χ1) is 10.8. The third-order valence-corrected chi connectivity index (χ3v) is 5.69. The van der Waals surface area contributed by atoms with Crippen LogP contribution in [-0.2, 0) is 14.8 Å². The summed E-state index contributed by atoms with van der Waals surface area (Å²) in [6.07, 6.45) is 0. The van der Waals surface area contributed by atoms with Gasteiger partial charge in [-0.1, -0.05) is 24.3 Å². The molecule has 0 bridgehead atoms. The fourth-order valence-corrected chi connectivity index (χ4v) is 3.71. The SMILES string of the molecule is Cc1ccc(NC(=O)CN(C)S(=O)(=O)c2ccccc2)c(Br)c1. The summed E-state index contributed by atoms with van der Waals surface area (Å²) < 4.78 is 26.5. The number of rotatable bonds is 5. The van der Waals surface area contributed by atoms with E-state index >= 15 is 0 Å². The lowest BCUT2D eigenvalue weighted by molar-refractivity contribution is -0.116. The number of amides is 1. The zero-order valence-electron chi connectivity index (χ0n) is 12.8. The first-order valence-corrected chi connectivity index (χ1v) is 9.11. The maximum absolute atomic E-state index is 12.4. The predicted octanol–water partition coefficient (Wildman–Crippen LogP) is 3.02. The minimum atomic E-state index is -3.68. The van der Waals surface area contributed by atoms with Crippen molar-refractivity contribution >= 4 is 37.5 Å². The molecule has 0 saturated heterocycles. The van der Waals surface area contributed by atoms with Crippen molar-refractivity contribution in [2.75, 3.05) is 18.9 Å². The van der Waals surface area contributed by atoms with Gasteiger partial charge in [-0.2, -0.15) is 4.31 Å². The number of nitrogens with zero attached hydrogens (tertiary/aromatic N) is 1. The van der Waals surface area contributed by atoms with Gasteiger partial charge in [0.25, 0.3) is 0 Å². The van der Waals surface area contributed by atoms with Crippen molar-refractivity contribution < 1.29 is 13.2 Å². The summed E-state index contributed by atoms with van der Waals surface area (Å²) >= 11 is 3.37. The third-order valence-electron chi connectivity index (χ3n) is 3.22. The van der Waals surface area contributed by atoms with E-state index in [4.69, 9.17) is 0 Å². The summed E-state index contributed by atoms with van der Waals surface area (Å²) in [6, 6.07) is 13.5. The maximum atomic E-state index is 12.4. The average molecular weight is 397 g/mol. The van der Waals surface area contributed by atoms with Gasteiger partial charge in [0.2, 0.25) is 15.9 Å². The molecule has 0 aliphatic rings. The highest BCUT2D eigenvalue weighted by molar-refractivity contribution is 9.10. The molecule has 0 aliphatic carbocycles. The van der Waals surface area contributed by atoms with E-state index in [-0.39, 0.29) is 11.4 Å². The summed E-state index contributed by atoms with van der Waals surface area (Å²) in [5.74, 6) is -0.406. The molecule has 23 heavy (non-hydrogen) atoms. The van der Waals surface area contributed by atoms with Gasteiger partial charge < -0.3 is 5.32 Å². The molecule has 0 aromatic heterocycles. The molecule has 0 unspecified atom stereocenters. The van der Waals surface area contributed by atoms with Crippen LogP contribution in [0, 0.1) is 6.92 Å². The molecule has 5 nitrogen and oxygen atoms in total. The van der Waals surface area contributed by atoms with Crippen LogP contribution in [0.25, 0.3) is 0 Å². The minimum absolute atomic E-state index is 0.159. The molecule has 2 aromatic rings. The van der Waals surface area contributed by atoms with Gasteiger partial charge in [0, 0.05) is 11.5 Å². The smallest absolute Gasteiger partial charge is 0.243 e. The quantitative estimate of drug-likeness (QED) is 0.844. The Morgan fingerprint density at radius 2 is 1.83 bits per heavy atom. The van der Waals surface area contributed by atoms with Crippen LogP contribution in [0.2, 0.25) is 0 Å². The molecule has 0 spiro atoms. The largest absolute Gasteiger partial charge is 0.324 e. The van der Waals surface area contributed by atoms with Crippen LogP contribution in [0.4, 0.5) is 5.69 Å². The molecule has 0 heterocycles. The van der Waals surface area contributed by atoms with Crippen molar-refractivity contribution in [3.63, 3.8) is 0 Å². The Bertz CT molecular complexity index is 807. The van der Waals surface area contributed by atoms with Gasteiger partial charge in [0.1, 0.15) is 0 Å². The van der Waals surface area contributed by atoms with E-state index in [0.717, 1.165) is 14.3 Å². The van der Waals surface area contributed by atoms with E-state index in [1.54, 1.807) is 24.3 Å². The van der Waals surface area contributed by atoms with Gasteiger partial charge in [-0.25, -0.2) is 8.42 Å². The highest BCUT2D eigenvalue weighted by Gasteiger charge is 2.22. The van der Waals surface area contributed by atoms with E-state index < -0.39 is 15.9 Å². The summed E-state index contributed by atoms with van der Waals surface area (Å²) in [4.78, 5) is 12.3. The molecule has 1 N–H and O–H groups in total. The average Bonchev–Trinajstić information content (AvgIpc) is 2.51. The summed E-state index contributed by atoms with van der Waals surface area (Å²) in [7, 11) is -2.30. The standard InChI is InChI=1S/C16H17BrN2O3S/c1-12-8-9-15(14(17)10-12)18-16(20)11-19(2)23(21,22)13-6-4-3-5-7-13/h3-10H,11H2,1-2H3,(H,18,20). The molecular formula is C16H17BrN2O3S. The second-order valence-electron chi connectivity index (χ2n) is 5.11. The number of anilines is 1. The summed E-state index contributed by atoms with van der Waals surface area (Å²) in [6.45, 7) is 1.67. The number of hydrogen-bond donors (Lipinski definition) is 1. The number of carbonyl (C=O) groups excluding carboxylic acids is 1. The number of likely N-dealkylation sites (N-methyl/N-ethyl adjacent to an activating group) is 1. The van der Waals surface area contributed by atoms with Gasteiger partial charge in [0.15, 0.2) is 0 Å². The first kappa shape index (κ1) is 17.7. The van der Waals surface area contributed by atoms with Crippen LogP contribution in [0.5, 0.6) is 0 Å². The van der Waals surface area contributed by atoms with Crippen LogP contribution in [0.1, 0.15) is 5.56 Å². The Hall–Kier alpha value is -1.70. The molecule has 0 radical (unpaired) electrons. The Labute approximate surface area is 144 Å². The summed E-state index contributed by atoms with van der Waals surface area (Å²) in [5, 5.41) is 2.70. The number of hydrogen-bond acceptors (Lipinski definition) is 3. The lowest BCUT2D eigenvalue weighted by Gasteiger charge is -2.17. The number of sulfonamides is 1. The first-order valence-electron chi connectivity index (χ1n) is 6.88. The second kappa shape index (κ2) is 7.25. The van der Waals surface area contributed by atoms with E-state index in [0.29, 0.717) is 5.69 Å². The Kier molecular flexibility index (Phi) is 5.56.